The standard InChI is InChI=1S/C29H30N4O3/c1-21(28(34)30-19-25-13-8-18-36-25)22-14-16-32(17-15-22)29(35)26-20-33(24-11-6-3-7-12-24)31-27(26)23-9-4-2-5-10-23/h2-13,18,20-22H,14-17,19H2,1H3,(H,30,34)/t21-/m1/s1. The summed E-state index contributed by atoms with van der Waals surface area (Å²) in [4.78, 5) is 28.2. The maximum atomic E-state index is 13.7. The maximum absolute atomic E-state index is 13.7. The number of furan rings is 1. The van der Waals surface area contributed by atoms with Crippen molar-refractivity contribution in [2.24, 2.45) is 11.8 Å². The minimum Gasteiger partial charge on any atom is -0.467 e. The third-order valence-electron chi connectivity index (χ3n) is 6.98. The first-order valence-electron chi connectivity index (χ1n) is 12.4. The van der Waals surface area contributed by atoms with Crippen molar-refractivity contribution in [3.05, 3.63) is 96.6 Å². The number of nitrogens with one attached hydrogen (secondary N) is 1. The van der Waals surface area contributed by atoms with Crippen LogP contribution in [0, 0.1) is 11.8 Å². The lowest BCUT2D eigenvalue weighted by Crippen LogP contribution is -2.42. The molecule has 5 rings (SSSR count). The summed E-state index contributed by atoms with van der Waals surface area (Å²) >= 11 is 0. The van der Waals surface area contributed by atoms with Crippen molar-refractivity contribution in [2.75, 3.05) is 13.1 Å². The zero-order chi connectivity index (χ0) is 24.9. The predicted octanol–water partition coefficient (Wildman–Crippen LogP) is 4.94. The van der Waals surface area contributed by atoms with Crippen LogP contribution in [0.1, 0.15) is 35.9 Å². The Kier molecular flexibility index (Phi) is 6.98. The molecule has 1 atom stereocenters. The number of hydrogen-bond donors (Lipinski definition) is 1. The second kappa shape index (κ2) is 10.6. The van der Waals surface area contributed by atoms with Crippen LogP contribution in [0.25, 0.3) is 16.9 Å². The molecule has 2 amide bonds. The molecule has 2 aromatic carbocycles. The SMILES string of the molecule is C[C@@H](C(=O)NCc1ccco1)C1CCN(C(=O)c2cn(-c3ccccc3)nc2-c2ccccc2)CC1. The van der Waals surface area contributed by atoms with E-state index >= 15 is 0 Å². The summed E-state index contributed by atoms with van der Waals surface area (Å²) in [6, 6.07) is 23.3. The number of likely N-dealkylation sites (tertiary alicyclic amines) is 1. The molecular formula is C29H30N4O3. The molecule has 0 spiro atoms. The number of carbonyl (C=O) groups is 2. The highest BCUT2D eigenvalue weighted by Gasteiger charge is 2.31. The van der Waals surface area contributed by atoms with Crippen molar-refractivity contribution in [1.82, 2.24) is 20.0 Å². The molecule has 184 valence electrons. The Morgan fingerprint density at radius 3 is 2.36 bits per heavy atom. The number of hydrogen-bond acceptors (Lipinski definition) is 4. The Labute approximate surface area is 210 Å². The molecular weight excluding hydrogens is 452 g/mol. The van der Waals surface area contributed by atoms with Crippen LogP contribution >= 0.6 is 0 Å². The first kappa shape index (κ1) is 23.6. The van der Waals surface area contributed by atoms with Gasteiger partial charge in [-0.1, -0.05) is 55.5 Å². The molecule has 2 aromatic heterocycles. The molecule has 0 aliphatic carbocycles. The number of piperidine rings is 1. The van der Waals surface area contributed by atoms with Gasteiger partial charge in [0.2, 0.25) is 5.91 Å². The van der Waals surface area contributed by atoms with Crippen LogP contribution in [-0.2, 0) is 11.3 Å². The molecule has 1 fully saturated rings. The zero-order valence-electron chi connectivity index (χ0n) is 20.3. The van der Waals surface area contributed by atoms with Crippen molar-refractivity contribution in [3.63, 3.8) is 0 Å². The van der Waals surface area contributed by atoms with Gasteiger partial charge < -0.3 is 14.6 Å². The molecule has 0 radical (unpaired) electrons. The lowest BCUT2D eigenvalue weighted by Gasteiger charge is -2.34. The highest BCUT2D eigenvalue weighted by atomic mass is 16.3. The van der Waals surface area contributed by atoms with E-state index in [-0.39, 0.29) is 23.7 Å². The fourth-order valence-electron chi connectivity index (χ4n) is 4.79. The third-order valence-corrected chi connectivity index (χ3v) is 6.98. The van der Waals surface area contributed by atoms with Crippen LogP contribution in [0.4, 0.5) is 0 Å². The smallest absolute Gasteiger partial charge is 0.257 e. The van der Waals surface area contributed by atoms with Gasteiger partial charge in [-0.15, -0.1) is 0 Å². The minimum absolute atomic E-state index is 0.0201. The van der Waals surface area contributed by atoms with Gasteiger partial charge in [0.25, 0.3) is 5.91 Å². The quantitative estimate of drug-likeness (QED) is 0.405. The van der Waals surface area contributed by atoms with Crippen LogP contribution in [0.5, 0.6) is 0 Å². The first-order valence-corrected chi connectivity index (χ1v) is 12.4. The Balaban J connectivity index is 1.28. The number of para-hydroxylation sites is 1. The topological polar surface area (TPSA) is 80.4 Å². The van der Waals surface area contributed by atoms with Gasteiger partial charge in [-0.05, 0) is 43.0 Å². The second-order valence-corrected chi connectivity index (χ2v) is 9.25. The lowest BCUT2D eigenvalue weighted by molar-refractivity contribution is -0.126. The summed E-state index contributed by atoms with van der Waals surface area (Å²) in [6.07, 6.45) is 5.00. The molecule has 0 saturated carbocycles. The van der Waals surface area contributed by atoms with E-state index in [2.05, 4.69) is 5.32 Å². The average Bonchev–Trinajstić information content (AvgIpc) is 3.63. The Bertz CT molecular complexity index is 1290. The van der Waals surface area contributed by atoms with Crippen LogP contribution in [0.15, 0.2) is 89.7 Å². The van der Waals surface area contributed by atoms with Gasteiger partial charge >= 0.3 is 0 Å². The van der Waals surface area contributed by atoms with Gasteiger partial charge in [-0.3, -0.25) is 9.59 Å². The average molecular weight is 483 g/mol. The van der Waals surface area contributed by atoms with Crippen molar-refractivity contribution in [2.45, 2.75) is 26.3 Å². The van der Waals surface area contributed by atoms with E-state index in [0.717, 1.165) is 29.9 Å². The van der Waals surface area contributed by atoms with Gasteiger partial charge in [0.15, 0.2) is 0 Å². The van der Waals surface area contributed by atoms with Gasteiger partial charge in [0, 0.05) is 30.8 Å². The third kappa shape index (κ3) is 5.10. The van der Waals surface area contributed by atoms with Gasteiger partial charge in [0.1, 0.15) is 11.5 Å². The molecule has 1 aliphatic heterocycles. The summed E-state index contributed by atoms with van der Waals surface area (Å²) in [7, 11) is 0. The van der Waals surface area contributed by atoms with Gasteiger partial charge in [0.05, 0.1) is 24.1 Å². The number of carbonyl (C=O) groups excluding carboxylic acids is 2. The summed E-state index contributed by atoms with van der Waals surface area (Å²) in [6.45, 7) is 3.59. The van der Waals surface area contributed by atoms with Crippen LogP contribution in [-0.4, -0.2) is 39.6 Å². The summed E-state index contributed by atoms with van der Waals surface area (Å²) in [5, 5.41) is 7.74. The first-order chi connectivity index (χ1) is 17.6. The van der Waals surface area contributed by atoms with Crippen LogP contribution in [0.2, 0.25) is 0 Å². The molecule has 3 heterocycles. The zero-order valence-corrected chi connectivity index (χ0v) is 20.3. The second-order valence-electron chi connectivity index (χ2n) is 9.25. The van der Waals surface area contributed by atoms with E-state index in [1.165, 1.54) is 0 Å². The number of amides is 2. The van der Waals surface area contributed by atoms with Crippen molar-refractivity contribution >= 4 is 11.8 Å². The van der Waals surface area contributed by atoms with Crippen LogP contribution < -0.4 is 5.32 Å². The number of aromatic nitrogens is 2. The molecule has 7 heteroatoms. The normalized spacial score (nSPS) is 15.0. The summed E-state index contributed by atoms with van der Waals surface area (Å²) in [5.74, 6) is 0.835. The molecule has 1 aliphatic rings. The summed E-state index contributed by atoms with van der Waals surface area (Å²) < 4.78 is 7.07. The van der Waals surface area contributed by atoms with E-state index in [0.29, 0.717) is 30.9 Å². The highest BCUT2D eigenvalue weighted by Crippen LogP contribution is 2.29. The maximum Gasteiger partial charge on any atom is 0.257 e. The van der Waals surface area contributed by atoms with E-state index in [1.54, 1.807) is 10.9 Å². The lowest BCUT2D eigenvalue weighted by atomic mass is 9.84. The van der Waals surface area contributed by atoms with E-state index in [4.69, 9.17) is 9.52 Å². The largest absolute Gasteiger partial charge is 0.467 e. The Morgan fingerprint density at radius 1 is 1.00 bits per heavy atom. The predicted molar refractivity (Wildman–Crippen MR) is 137 cm³/mol. The van der Waals surface area contributed by atoms with Crippen molar-refractivity contribution in [1.29, 1.82) is 0 Å². The molecule has 1 N–H and O–H groups in total. The van der Waals surface area contributed by atoms with Crippen molar-refractivity contribution < 1.29 is 14.0 Å². The Hall–Kier alpha value is -4.13. The van der Waals surface area contributed by atoms with E-state index in [1.807, 2.05) is 90.8 Å². The molecule has 1 saturated heterocycles. The number of benzene rings is 2. The van der Waals surface area contributed by atoms with Crippen molar-refractivity contribution in [3.8, 4) is 16.9 Å². The molecule has 0 bridgehead atoms. The van der Waals surface area contributed by atoms with E-state index < -0.39 is 0 Å². The van der Waals surface area contributed by atoms with Gasteiger partial charge in [-0.25, -0.2) is 4.68 Å². The molecule has 7 nitrogen and oxygen atoms in total. The van der Waals surface area contributed by atoms with Gasteiger partial charge in [-0.2, -0.15) is 5.10 Å². The van der Waals surface area contributed by atoms with E-state index in [9.17, 15) is 9.59 Å². The number of nitrogens with zero attached hydrogens (tertiary/aromatic N) is 3. The Morgan fingerprint density at radius 2 is 1.69 bits per heavy atom. The highest BCUT2D eigenvalue weighted by molar-refractivity contribution is 6.00. The fourth-order valence-corrected chi connectivity index (χ4v) is 4.79. The summed E-state index contributed by atoms with van der Waals surface area (Å²) in [5.41, 5.74) is 3.08. The van der Waals surface area contributed by atoms with Crippen LogP contribution in [0.3, 0.4) is 0 Å². The fraction of sp³-hybridized carbons (Fsp3) is 0.276. The molecule has 0 unspecified atom stereocenters. The number of rotatable bonds is 7. The monoisotopic (exact) mass is 482 g/mol. The molecule has 36 heavy (non-hydrogen) atoms. The molecule has 4 aromatic rings. The minimum atomic E-state index is -0.127.